The predicted molar refractivity (Wildman–Crippen MR) is 127 cm³/mol. The fourth-order valence-electron chi connectivity index (χ4n) is 3.23. The van der Waals surface area contributed by atoms with Gasteiger partial charge in [-0.25, -0.2) is 4.79 Å². The average molecular weight is 447 g/mol. The highest BCUT2D eigenvalue weighted by Gasteiger charge is 2.16. The smallest absolute Gasteiger partial charge is 0.336 e. The number of amides is 2. The number of benzene rings is 3. The molecule has 33 heavy (non-hydrogen) atoms. The monoisotopic (exact) mass is 446 g/mol. The third kappa shape index (κ3) is 6.20. The van der Waals surface area contributed by atoms with E-state index in [-0.39, 0.29) is 23.6 Å². The highest BCUT2D eigenvalue weighted by atomic mass is 16.5. The number of hydrogen-bond acceptors (Lipinski definition) is 4. The standard InChI is InChI=1S/C26H26N2O5/c1-16(2)18-8-11-20(12-9-18)33-15-24(29)28-23-13-10-19(14-17(23)3)27-25(30)21-6-4-5-7-22(21)26(31)32/h4-14,16H,15H2,1-3H3,(H,27,30)(H,28,29)(H,31,32). The number of anilines is 2. The van der Waals surface area contributed by atoms with E-state index in [1.807, 2.05) is 24.3 Å². The summed E-state index contributed by atoms with van der Waals surface area (Å²) < 4.78 is 5.55. The lowest BCUT2D eigenvalue weighted by molar-refractivity contribution is -0.118. The van der Waals surface area contributed by atoms with Crippen LogP contribution in [0.15, 0.2) is 66.7 Å². The van der Waals surface area contributed by atoms with Gasteiger partial charge >= 0.3 is 5.97 Å². The van der Waals surface area contributed by atoms with Crippen LogP contribution in [0.2, 0.25) is 0 Å². The van der Waals surface area contributed by atoms with E-state index in [1.165, 1.54) is 17.7 Å². The first-order valence-electron chi connectivity index (χ1n) is 10.5. The van der Waals surface area contributed by atoms with Crippen LogP contribution in [0.4, 0.5) is 11.4 Å². The van der Waals surface area contributed by atoms with Gasteiger partial charge < -0.3 is 20.5 Å². The van der Waals surface area contributed by atoms with Gasteiger partial charge in [0.05, 0.1) is 11.1 Å². The minimum absolute atomic E-state index is 0.0682. The second-order valence-corrected chi connectivity index (χ2v) is 7.90. The number of ether oxygens (including phenoxy) is 1. The van der Waals surface area contributed by atoms with Gasteiger partial charge in [0.1, 0.15) is 5.75 Å². The molecule has 0 radical (unpaired) electrons. The Balaban J connectivity index is 1.59. The number of carboxylic acids is 1. The lowest BCUT2D eigenvalue weighted by Crippen LogP contribution is -2.21. The van der Waals surface area contributed by atoms with Crippen LogP contribution in [-0.2, 0) is 4.79 Å². The molecule has 3 aromatic rings. The van der Waals surface area contributed by atoms with Crippen LogP contribution in [-0.4, -0.2) is 29.5 Å². The van der Waals surface area contributed by atoms with Gasteiger partial charge in [-0.05, 0) is 66.4 Å². The van der Waals surface area contributed by atoms with Crippen molar-refractivity contribution in [3.63, 3.8) is 0 Å². The summed E-state index contributed by atoms with van der Waals surface area (Å²) in [6.45, 7) is 5.88. The molecule has 0 saturated carbocycles. The molecule has 0 aromatic heterocycles. The SMILES string of the molecule is Cc1cc(NC(=O)c2ccccc2C(=O)O)ccc1NC(=O)COc1ccc(C(C)C)cc1. The van der Waals surface area contributed by atoms with Crippen LogP contribution in [0, 0.1) is 6.92 Å². The summed E-state index contributed by atoms with van der Waals surface area (Å²) in [5, 5.41) is 14.8. The quantitative estimate of drug-likeness (QED) is 0.447. The largest absolute Gasteiger partial charge is 0.484 e. The summed E-state index contributed by atoms with van der Waals surface area (Å²) in [6.07, 6.45) is 0. The Morgan fingerprint density at radius 2 is 1.58 bits per heavy atom. The van der Waals surface area contributed by atoms with Crippen LogP contribution in [0.25, 0.3) is 0 Å². The van der Waals surface area contributed by atoms with E-state index in [2.05, 4.69) is 24.5 Å². The zero-order chi connectivity index (χ0) is 24.0. The lowest BCUT2D eigenvalue weighted by atomic mass is 10.0. The number of carbonyl (C=O) groups excluding carboxylic acids is 2. The average Bonchev–Trinajstić information content (AvgIpc) is 2.79. The van der Waals surface area contributed by atoms with Gasteiger partial charge in [0.25, 0.3) is 11.8 Å². The van der Waals surface area contributed by atoms with Gasteiger partial charge in [0.15, 0.2) is 6.61 Å². The van der Waals surface area contributed by atoms with Gasteiger partial charge in [-0.15, -0.1) is 0 Å². The molecule has 0 aliphatic carbocycles. The first-order chi connectivity index (χ1) is 15.7. The van der Waals surface area contributed by atoms with Gasteiger partial charge in [0.2, 0.25) is 0 Å². The van der Waals surface area contributed by atoms with Crippen molar-refractivity contribution in [1.82, 2.24) is 0 Å². The number of carboxylic acid groups (broad SMARTS) is 1. The van der Waals surface area contributed by atoms with Crippen molar-refractivity contribution in [2.45, 2.75) is 26.7 Å². The number of carbonyl (C=O) groups is 3. The van der Waals surface area contributed by atoms with Crippen LogP contribution in [0.5, 0.6) is 5.75 Å². The molecule has 2 amide bonds. The van der Waals surface area contributed by atoms with E-state index in [0.717, 1.165) is 5.56 Å². The molecule has 0 aliphatic heterocycles. The van der Waals surface area contributed by atoms with Gasteiger partial charge in [-0.1, -0.05) is 38.1 Å². The highest BCUT2D eigenvalue weighted by molar-refractivity contribution is 6.10. The van der Waals surface area contributed by atoms with Crippen molar-refractivity contribution in [3.05, 3.63) is 89.0 Å². The number of hydrogen-bond donors (Lipinski definition) is 3. The number of aromatic carboxylic acids is 1. The van der Waals surface area contributed by atoms with E-state index in [0.29, 0.717) is 23.0 Å². The van der Waals surface area contributed by atoms with Crippen molar-refractivity contribution in [3.8, 4) is 5.75 Å². The number of nitrogens with one attached hydrogen (secondary N) is 2. The third-order valence-corrected chi connectivity index (χ3v) is 5.08. The number of rotatable bonds is 8. The Bertz CT molecular complexity index is 1170. The second-order valence-electron chi connectivity index (χ2n) is 7.90. The molecule has 0 saturated heterocycles. The fraction of sp³-hybridized carbons (Fsp3) is 0.192. The molecule has 0 unspecified atom stereocenters. The summed E-state index contributed by atoms with van der Waals surface area (Å²) in [5.41, 5.74) is 2.99. The highest BCUT2D eigenvalue weighted by Crippen LogP contribution is 2.22. The van der Waals surface area contributed by atoms with E-state index in [4.69, 9.17) is 4.74 Å². The molecule has 0 bridgehead atoms. The molecule has 0 spiro atoms. The lowest BCUT2D eigenvalue weighted by Gasteiger charge is -2.13. The number of aryl methyl sites for hydroxylation is 1. The van der Waals surface area contributed by atoms with Crippen LogP contribution < -0.4 is 15.4 Å². The Morgan fingerprint density at radius 1 is 0.909 bits per heavy atom. The Hall–Kier alpha value is -4.13. The van der Waals surface area contributed by atoms with Crippen molar-refractivity contribution in [1.29, 1.82) is 0 Å². The molecule has 3 aromatic carbocycles. The first kappa shape index (κ1) is 23.5. The third-order valence-electron chi connectivity index (χ3n) is 5.08. The molecule has 3 N–H and O–H groups in total. The molecular formula is C26H26N2O5. The summed E-state index contributed by atoms with van der Waals surface area (Å²) in [5.74, 6) is -0.969. The second kappa shape index (κ2) is 10.5. The fourth-order valence-corrected chi connectivity index (χ4v) is 3.23. The van der Waals surface area contributed by atoms with Crippen molar-refractivity contribution in [2.24, 2.45) is 0 Å². The summed E-state index contributed by atoms with van der Waals surface area (Å²) in [4.78, 5) is 36.2. The zero-order valence-electron chi connectivity index (χ0n) is 18.7. The maximum atomic E-state index is 12.5. The van der Waals surface area contributed by atoms with E-state index in [9.17, 15) is 19.5 Å². The molecule has 7 nitrogen and oxygen atoms in total. The molecule has 0 aliphatic rings. The molecular weight excluding hydrogens is 420 g/mol. The minimum atomic E-state index is -1.17. The van der Waals surface area contributed by atoms with Gasteiger partial charge in [0, 0.05) is 11.4 Å². The van der Waals surface area contributed by atoms with Gasteiger partial charge in [-0.2, -0.15) is 0 Å². The predicted octanol–water partition coefficient (Wildman–Crippen LogP) is 5.09. The van der Waals surface area contributed by atoms with Crippen molar-refractivity contribution in [2.75, 3.05) is 17.2 Å². The minimum Gasteiger partial charge on any atom is -0.484 e. The normalized spacial score (nSPS) is 10.5. The summed E-state index contributed by atoms with van der Waals surface area (Å²) in [7, 11) is 0. The van der Waals surface area contributed by atoms with E-state index < -0.39 is 11.9 Å². The molecule has 3 rings (SSSR count). The maximum absolute atomic E-state index is 12.5. The summed E-state index contributed by atoms with van der Waals surface area (Å²) >= 11 is 0. The topological polar surface area (TPSA) is 105 Å². The van der Waals surface area contributed by atoms with Crippen LogP contribution >= 0.6 is 0 Å². The molecule has 170 valence electrons. The van der Waals surface area contributed by atoms with E-state index in [1.54, 1.807) is 37.3 Å². The first-order valence-corrected chi connectivity index (χ1v) is 10.5. The molecule has 7 heteroatoms. The molecule has 0 heterocycles. The Morgan fingerprint density at radius 3 is 2.18 bits per heavy atom. The van der Waals surface area contributed by atoms with Gasteiger partial charge in [-0.3, -0.25) is 9.59 Å². The summed E-state index contributed by atoms with van der Waals surface area (Å²) in [6, 6.07) is 18.6. The molecule has 0 atom stereocenters. The molecule has 0 fully saturated rings. The van der Waals surface area contributed by atoms with Crippen molar-refractivity contribution >= 4 is 29.2 Å². The van der Waals surface area contributed by atoms with Crippen LogP contribution in [0.3, 0.4) is 0 Å². The van der Waals surface area contributed by atoms with Crippen molar-refractivity contribution < 1.29 is 24.2 Å². The Kier molecular flexibility index (Phi) is 7.46. The Labute approximate surface area is 192 Å². The zero-order valence-corrected chi connectivity index (χ0v) is 18.7. The van der Waals surface area contributed by atoms with E-state index >= 15 is 0 Å². The maximum Gasteiger partial charge on any atom is 0.336 e. The van der Waals surface area contributed by atoms with Crippen LogP contribution in [0.1, 0.15) is 51.6 Å².